The zero-order valence-corrected chi connectivity index (χ0v) is 11.2. The van der Waals surface area contributed by atoms with Gasteiger partial charge in [0, 0.05) is 10.0 Å². The molecule has 0 aliphatic heterocycles. The van der Waals surface area contributed by atoms with E-state index in [1.807, 2.05) is 0 Å². The smallest absolute Gasteiger partial charge is 0.197 e. The van der Waals surface area contributed by atoms with Crippen LogP contribution in [-0.4, -0.2) is 16.0 Å². The number of rotatable bonds is 2. The van der Waals surface area contributed by atoms with Crippen LogP contribution in [0.3, 0.4) is 0 Å². The predicted molar refractivity (Wildman–Crippen MR) is 72.1 cm³/mol. The highest BCUT2D eigenvalue weighted by Crippen LogP contribution is 2.26. The molecule has 0 radical (unpaired) electrons. The summed E-state index contributed by atoms with van der Waals surface area (Å²) in [5.41, 5.74) is 1.37. The van der Waals surface area contributed by atoms with E-state index in [1.54, 1.807) is 25.1 Å². The summed E-state index contributed by atoms with van der Waals surface area (Å²) in [6.07, 6.45) is 0. The van der Waals surface area contributed by atoms with Crippen molar-refractivity contribution >= 4 is 21.7 Å². The van der Waals surface area contributed by atoms with Crippen molar-refractivity contribution in [3.8, 4) is 11.5 Å². The molecule has 0 amide bonds. The molecular formula is C14H11BrO3. The van der Waals surface area contributed by atoms with Crippen molar-refractivity contribution in [3.05, 3.63) is 57.6 Å². The Labute approximate surface area is 113 Å². The minimum absolute atomic E-state index is 0.0677. The number of benzene rings is 2. The van der Waals surface area contributed by atoms with Crippen molar-refractivity contribution in [2.75, 3.05) is 0 Å². The molecule has 3 nitrogen and oxygen atoms in total. The van der Waals surface area contributed by atoms with Crippen LogP contribution in [0.5, 0.6) is 11.5 Å². The first-order valence-corrected chi connectivity index (χ1v) is 6.11. The molecule has 2 aromatic rings. The number of hydrogen-bond donors (Lipinski definition) is 2. The molecule has 0 saturated heterocycles. The van der Waals surface area contributed by atoms with E-state index in [0.717, 1.165) is 0 Å². The Morgan fingerprint density at radius 3 is 2.33 bits per heavy atom. The molecule has 0 atom stereocenters. The monoisotopic (exact) mass is 306 g/mol. The lowest BCUT2D eigenvalue weighted by Gasteiger charge is -2.07. The maximum atomic E-state index is 12.3. The normalized spacial score (nSPS) is 10.3. The lowest BCUT2D eigenvalue weighted by Crippen LogP contribution is -2.03. The third kappa shape index (κ3) is 2.38. The summed E-state index contributed by atoms with van der Waals surface area (Å²) in [6, 6.07) is 9.26. The number of aryl methyl sites for hydroxylation is 1. The predicted octanol–water partition coefficient (Wildman–Crippen LogP) is 3.40. The Morgan fingerprint density at radius 1 is 1.06 bits per heavy atom. The molecule has 18 heavy (non-hydrogen) atoms. The highest BCUT2D eigenvalue weighted by Gasteiger charge is 2.15. The first-order chi connectivity index (χ1) is 8.49. The van der Waals surface area contributed by atoms with E-state index in [1.165, 1.54) is 18.2 Å². The molecule has 2 aromatic carbocycles. The van der Waals surface area contributed by atoms with Crippen molar-refractivity contribution in [1.82, 2.24) is 0 Å². The Hall–Kier alpha value is -1.81. The highest BCUT2D eigenvalue weighted by atomic mass is 79.9. The summed E-state index contributed by atoms with van der Waals surface area (Å²) < 4.78 is 0.707. The summed E-state index contributed by atoms with van der Waals surface area (Å²) >= 11 is 3.22. The molecule has 0 heterocycles. The van der Waals surface area contributed by atoms with Gasteiger partial charge in [-0.3, -0.25) is 4.79 Å². The Kier molecular flexibility index (Phi) is 3.39. The molecule has 4 heteroatoms. The lowest BCUT2D eigenvalue weighted by molar-refractivity contribution is 0.103. The second-order valence-electron chi connectivity index (χ2n) is 3.99. The number of aromatic hydroxyl groups is 2. The van der Waals surface area contributed by atoms with E-state index in [2.05, 4.69) is 15.9 Å². The number of carbonyl (C=O) groups excluding carboxylic acids is 1. The van der Waals surface area contributed by atoms with Gasteiger partial charge in [0.1, 0.15) is 11.5 Å². The standard InChI is InChI=1S/C14H11BrO3/c1-8-6-10(16)3-5-11(8)14(18)12-4-2-9(15)7-13(12)17/h2-7,16-17H,1H3. The summed E-state index contributed by atoms with van der Waals surface area (Å²) in [5, 5.41) is 19.1. The van der Waals surface area contributed by atoms with Crippen LogP contribution < -0.4 is 0 Å². The second-order valence-corrected chi connectivity index (χ2v) is 4.91. The molecule has 0 aromatic heterocycles. The molecule has 0 saturated carbocycles. The van der Waals surface area contributed by atoms with Crippen molar-refractivity contribution < 1.29 is 15.0 Å². The number of halogens is 1. The van der Waals surface area contributed by atoms with Crippen LogP contribution in [0.4, 0.5) is 0 Å². The zero-order valence-electron chi connectivity index (χ0n) is 9.64. The van der Waals surface area contributed by atoms with E-state index in [0.29, 0.717) is 15.6 Å². The van der Waals surface area contributed by atoms with Gasteiger partial charge in [0.25, 0.3) is 0 Å². The average molecular weight is 307 g/mol. The van der Waals surface area contributed by atoms with Gasteiger partial charge in [-0.25, -0.2) is 0 Å². The summed E-state index contributed by atoms with van der Waals surface area (Å²) in [5.74, 6) is -0.219. The number of hydrogen-bond acceptors (Lipinski definition) is 3. The quantitative estimate of drug-likeness (QED) is 0.836. The van der Waals surface area contributed by atoms with Crippen molar-refractivity contribution in [1.29, 1.82) is 0 Å². The number of phenols is 2. The van der Waals surface area contributed by atoms with Crippen molar-refractivity contribution in [2.45, 2.75) is 6.92 Å². The van der Waals surface area contributed by atoms with Gasteiger partial charge in [0.15, 0.2) is 5.78 Å². The fraction of sp³-hybridized carbons (Fsp3) is 0.0714. The topological polar surface area (TPSA) is 57.5 Å². The van der Waals surface area contributed by atoms with Crippen LogP contribution in [-0.2, 0) is 0 Å². The van der Waals surface area contributed by atoms with Crippen LogP contribution in [0.2, 0.25) is 0 Å². The molecule has 2 rings (SSSR count). The average Bonchev–Trinajstić information content (AvgIpc) is 2.28. The Morgan fingerprint density at radius 2 is 1.72 bits per heavy atom. The minimum atomic E-state index is -0.266. The molecular weight excluding hydrogens is 296 g/mol. The summed E-state index contributed by atoms with van der Waals surface area (Å²) in [6.45, 7) is 1.74. The van der Waals surface area contributed by atoms with Gasteiger partial charge < -0.3 is 10.2 Å². The van der Waals surface area contributed by atoms with Gasteiger partial charge in [-0.1, -0.05) is 15.9 Å². The minimum Gasteiger partial charge on any atom is -0.508 e. The molecule has 2 N–H and O–H groups in total. The zero-order chi connectivity index (χ0) is 13.3. The van der Waals surface area contributed by atoms with Gasteiger partial charge in [0.05, 0.1) is 5.56 Å². The fourth-order valence-electron chi connectivity index (χ4n) is 1.74. The SMILES string of the molecule is Cc1cc(O)ccc1C(=O)c1ccc(Br)cc1O. The van der Waals surface area contributed by atoms with Crippen LogP contribution in [0.25, 0.3) is 0 Å². The third-order valence-corrected chi connectivity index (χ3v) is 3.15. The van der Waals surface area contributed by atoms with Gasteiger partial charge in [-0.15, -0.1) is 0 Å². The van der Waals surface area contributed by atoms with E-state index in [9.17, 15) is 15.0 Å². The van der Waals surface area contributed by atoms with Crippen LogP contribution in [0.15, 0.2) is 40.9 Å². The molecule has 0 spiro atoms. The van der Waals surface area contributed by atoms with Crippen LogP contribution in [0.1, 0.15) is 21.5 Å². The maximum Gasteiger partial charge on any atom is 0.197 e. The summed E-state index contributed by atoms with van der Waals surface area (Å²) in [7, 11) is 0. The molecule has 0 unspecified atom stereocenters. The lowest BCUT2D eigenvalue weighted by atomic mass is 9.98. The van der Waals surface area contributed by atoms with E-state index in [4.69, 9.17) is 0 Å². The fourth-order valence-corrected chi connectivity index (χ4v) is 2.09. The molecule has 0 fully saturated rings. The third-order valence-electron chi connectivity index (χ3n) is 2.66. The van der Waals surface area contributed by atoms with Crippen LogP contribution in [0, 0.1) is 6.92 Å². The first kappa shape index (κ1) is 12.6. The number of phenolic OH excluding ortho intramolecular Hbond substituents is 2. The Bertz CT molecular complexity index is 567. The van der Waals surface area contributed by atoms with Gasteiger partial charge in [-0.2, -0.15) is 0 Å². The molecule has 92 valence electrons. The number of ketones is 1. The molecule has 0 bridgehead atoms. The highest BCUT2D eigenvalue weighted by molar-refractivity contribution is 9.10. The van der Waals surface area contributed by atoms with Crippen LogP contribution >= 0.6 is 15.9 Å². The van der Waals surface area contributed by atoms with Gasteiger partial charge in [-0.05, 0) is 48.9 Å². The second kappa shape index (κ2) is 4.82. The molecule has 0 aliphatic rings. The van der Waals surface area contributed by atoms with Gasteiger partial charge >= 0.3 is 0 Å². The first-order valence-electron chi connectivity index (χ1n) is 5.32. The largest absolute Gasteiger partial charge is 0.508 e. The maximum absolute atomic E-state index is 12.3. The molecule has 0 aliphatic carbocycles. The Balaban J connectivity index is 2.48. The van der Waals surface area contributed by atoms with Gasteiger partial charge in [0.2, 0.25) is 0 Å². The van der Waals surface area contributed by atoms with Crippen molar-refractivity contribution in [3.63, 3.8) is 0 Å². The van der Waals surface area contributed by atoms with E-state index < -0.39 is 0 Å². The van der Waals surface area contributed by atoms with E-state index in [-0.39, 0.29) is 22.8 Å². The number of carbonyl (C=O) groups is 1. The van der Waals surface area contributed by atoms with E-state index >= 15 is 0 Å². The van der Waals surface area contributed by atoms with Crippen molar-refractivity contribution in [2.24, 2.45) is 0 Å². The summed E-state index contributed by atoms with van der Waals surface area (Å²) in [4.78, 5) is 12.3.